The van der Waals surface area contributed by atoms with Gasteiger partial charge in [0.15, 0.2) is 0 Å². The van der Waals surface area contributed by atoms with Crippen molar-refractivity contribution in [1.82, 2.24) is 9.80 Å². The molecule has 3 rings (SSSR count). The van der Waals surface area contributed by atoms with Crippen molar-refractivity contribution in [2.75, 3.05) is 44.2 Å². The van der Waals surface area contributed by atoms with Gasteiger partial charge in [0.2, 0.25) is 0 Å². The van der Waals surface area contributed by atoms with Gasteiger partial charge in [-0.05, 0) is 45.2 Å². The first-order chi connectivity index (χ1) is 12.0. The predicted molar refractivity (Wildman–Crippen MR) is 102 cm³/mol. The second-order valence-electron chi connectivity index (χ2n) is 7.26. The highest BCUT2D eigenvalue weighted by Gasteiger charge is 2.26. The lowest BCUT2D eigenvalue weighted by molar-refractivity contribution is 0.0723. The minimum absolute atomic E-state index is 0. The van der Waals surface area contributed by atoms with E-state index < -0.39 is 11.6 Å². The standard InChI is InChI=1S/C19H27F2N3O.ClH/c1-14(2)22-8-10-23(11-9-22)18-16(20)12-15(13-17(18)21)19(25)24-6-4-3-5-7-24;/h12-14H,3-11H2,1-2H3;1H. The van der Waals surface area contributed by atoms with Crippen molar-refractivity contribution in [2.45, 2.75) is 39.2 Å². The molecule has 0 saturated carbocycles. The summed E-state index contributed by atoms with van der Waals surface area (Å²) in [6.45, 7) is 8.32. The molecule has 2 aliphatic rings. The van der Waals surface area contributed by atoms with E-state index in [1.165, 1.54) is 12.1 Å². The molecule has 0 unspecified atom stereocenters. The lowest BCUT2D eigenvalue weighted by atomic mass is 10.1. The third-order valence-electron chi connectivity index (χ3n) is 5.27. The molecule has 0 spiro atoms. The highest BCUT2D eigenvalue weighted by molar-refractivity contribution is 5.94. The van der Waals surface area contributed by atoms with Crippen molar-refractivity contribution < 1.29 is 13.6 Å². The summed E-state index contributed by atoms with van der Waals surface area (Å²) in [6.07, 6.45) is 3.01. The molecule has 0 aromatic heterocycles. The second-order valence-corrected chi connectivity index (χ2v) is 7.26. The number of amides is 1. The Kier molecular flexibility index (Phi) is 7.24. The lowest BCUT2D eigenvalue weighted by Gasteiger charge is -2.38. The molecule has 2 heterocycles. The molecule has 0 aliphatic carbocycles. The van der Waals surface area contributed by atoms with E-state index in [9.17, 15) is 13.6 Å². The van der Waals surface area contributed by atoms with Crippen LogP contribution in [0.3, 0.4) is 0 Å². The van der Waals surface area contributed by atoms with Crippen molar-refractivity contribution in [3.63, 3.8) is 0 Å². The molecule has 0 radical (unpaired) electrons. The fraction of sp³-hybridized carbons (Fsp3) is 0.632. The number of nitrogens with zero attached hydrogens (tertiary/aromatic N) is 3. The number of carbonyl (C=O) groups excluding carboxylic acids is 1. The molecular formula is C19H28ClF2N3O. The average molecular weight is 388 g/mol. The van der Waals surface area contributed by atoms with Gasteiger partial charge in [0.05, 0.1) is 0 Å². The number of halogens is 3. The molecule has 26 heavy (non-hydrogen) atoms. The average Bonchev–Trinajstić information content (AvgIpc) is 2.61. The van der Waals surface area contributed by atoms with Crippen molar-refractivity contribution in [1.29, 1.82) is 0 Å². The molecule has 2 fully saturated rings. The van der Waals surface area contributed by atoms with E-state index in [-0.39, 0.29) is 29.6 Å². The molecule has 2 aliphatic heterocycles. The monoisotopic (exact) mass is 387 g/mol. The Labute approximate surface area is 160 Å². The van der Waals surface area contributed by atoms with E-state index in [2.05, 4.69) is 18.7 Å². The summed E-state index contributed by atoms with van der Waals surface area (Å²) in [6, 6.07) is 2.83. The smallest absolute Gasteiger partial charge is 0.254 e. The summed E-state index contributed by atoms with van der Waals surface area (Å²) in [5.74, 6) is -1.55. The summed E-state index contributed by atoms with van der Waals surface area (Å²) in [7, 11) is 0. The zero-order chi connectivity index (χ0) is 18.0. The molecule has 1 aromatic carbocycles. The van der Waals surface area contributed by atoms with E-state index in [4.69, 9.17) is 0 Å². The summed E-state index contributed by atoms with van der Waals surface area (Å²) in [5.41, 5.74) is 0.111. The Morgan fingerprint density at radius 3 is 1.96 bits per heavy atom. The van der Waals surface area contributed by atoms with Gasteiger partial charge in [-0.1, -0.05) is 0 Å². The fourth-order valence-electron chi connectivity index (χ4n) is 3.73. The number of benzene rings is 1. The van der Waals surface area contributed by atoms with Crippen molar-refractivity contribution in [2.24, 2.45) is 0 Å². The van der Waals surface area contributed by atoms with E-state index in [0.717, 1.165) is 32.4 Å². The molecule has 4 nitrogen and oxygen atoms in total. The topological polar surface area (TPSA) is 26.8 Å². The Morgan fingerprint density at radius 1 is 0.923 bits per heavy atom. The summed E-state index contributed by atoms with van der Waals surface area (Å²) in [5, 5.41) is 0. The Morgan fingerprint density at radius 2 is 1.46 bits per heavy atom. The molecular weight excluding hydrogens is 360 g/mol. The van der Waals surface area contributed by atoms with E-state index in [1.54, 1.807) is 9.80 Å². The first-order valence-electron chi connectivity index (χ1n) is 9.24. The van der Waals surface area contributed by atoms with Crippen molar-refractivity contribution in [3.05, 3.63) is 29.3 Å². The normalized spacial score (nSPS) is 18.8. The maximum atomic E-state index is 14.6. The van der Waals surface area contributed by atoms with Gasteiger partial charge in [-0.3, -0.25) is 9.69 Å². The van der Waals surface area contributed by atoms with Gasteiger partial charge < -0.3 is 9.80 Å². The van der Waals surface area contributed by atoms with Crippen LogP contribution in [0.1, 0.15) is 43.5 Å². The SMILES string of the molecule is CC(C)N1CCN(c2c(F)cc(C(=O)N3CCCCC3)cc2F)CC1.Cl. The zero-order valence-corrected chi connectivity index (χ0v) is 16.3. The van der Waals surface area contributed by atoms with Gasteiger partial charge in [-0.2, -0.15) is 0 Å². The number of rotatable bonds is 3. The van der Waals surface area contributed by atoms with Gasteiger partial charge in [0, 0.05) is 50.9 Å². The van der Waals surface area contributed by atoms with Crippen LogP contribution in [0.25, 0.3) is 0 Å². The van der Waals surface area contributed by atoms with Gasteiger partial charge in [0.25, 0.3) is 5.91 Å². The van der Waals surface area contributed by atoms with Gasteiger partial charge in [0.1, 0.15) is 17.3 Å². The first kappa shape index (κ1) is 20.9. The number of likely N-dealkylation sites (tertiary alicyclic amines) is 1. The van der Waals surface area contributed by atoms with E-state index >= 15 is 0 Å². The Bertz CT molecular complexity index is 604. The Balaban J connectivity index is 0.00000243. The van der Waals surface area contributed by atoms with Crippen molar-refractivity contribution in [3.8, 4) is 0 Å². The third-order valence-corrected chi connectivity index (χ3v) is 5.27. The molecule has 0 bridgehead atoms. The third kappa shape index (κ3) is 4.46. The summed E-state index contributed by atoms with van der Waals surface area (Å²) >= 11 is 0. The minimum atomic E-state index is -0.640. The quantitative estimate of drug-likeness (QED) is 0.793. The Hall–Kier alpha value is -1.40. The molecule has 2 saturated heterocycles. The van der Waals surface area contributed by atoms with Gasteiger partial charge in [-0.15, -0.1) is 12.4 Å². The number of piperidine rings is 1. The van der Waals surface area contributed by atoms with Crippen LogP contribution >= 0.6 is 12.4 Å². The van der Waals surface area contributed by atoms with Crippen LogP contribution in [-0.4, -0.2) is 61.0 Å². The number of piperazine rings is 1. The van der Waals surface area contributed by atoms with Gasteiger partial charge in [-0.25, -0.2) is 8.78 Å². The molecule has 0 atom stereocenters. The number of anilines is 1. The molecule has 1 amide bonds. The number of hydrogen-bond acceptors (Lipinski definition) is 3. The van der Waals surface area contributed by atoms with Crippen LogP contribution < -0.4 is 4.90 Å². The van der Waals surface area contributed by atoms with Crippen LogP contribution in [0.2, 0.25) is 0 Å². The fourth-order valence-corrected chi connectivity index (χ4v) is 3.73. The molecule has 7 heteroatoms. The van der Waals surface area contributed by atoms with Crippen LogP contribution in [0.4, 0.5) is 14.5 Å². The highest BCUT2D eigenvalue weighted by atomic mass is 35.5. The first-order valence-corrected chi connectivity index (χ1v) is 9.24. The zero-order valence-electron chi connectivity index (χ0n) is 15.5. The number of carbonyl (C=O) groups is 1. The van der Waals surface area contributed by atoms with Crippen LogP contribution in [0.5, 0.6) is 0 Å². The maximum Gasteiger partial charge on any atom is 0.254 e. The van der Waals surface area contributed by atoms with Crippen molar-refractivity contribution >= 4 is 24.0 Å². The van der Waals surface area contributed by atoms with E-state index in [1.807, 2.05) is 0 Å². The molecule has 1 aromatic rings. The minimum Gasteiger partial charge on any atom is -0.364 e. The second kappa shape index (κ2) is 9.00. The van der Waals surface area contributed by atoms with Gasteiger partial charge >= 0.3 is 0 Å². The largest absolute Gasteiger partial charge is 0.364 e. The van der Waals surface area contributed by atoms with Crippen LogP contribution in [0, 0.1) is 11.6 Å². The molecule has 0 N–H and O–H groups in total. The maximum absolute atomic E-state index is 14.6. The highest BCUT2D eigenvalue weighted by Crippen LogP contribution is 2.27. The number of hydrogen-bond donors (Lipinski definition) is 0. The summed E-state index contributed by atoms with van der Waals surface area (Å²) < 4.78 is 29.2. The summed E-state index contributed by atoms with van der Waals surface area (Å²) in [4.78, 5) is 18.2. The van der Waals surface area contributed by atoms with E-state index in [0.29, 0.717) is 32.2 Å². The predicted octanol–water partition coefficient (Wildman–Crippen LogP) is 3.54. The lowest BCUT2D eigenvalue weighted by Crippen LogP contribution is -2.49. The molecule has 146 valence electrons. The van der Waals surface area contributed by atoms with Crippen LogP contribution in [-0.2, 0) is 0 Å². The van der Waals surface area contributed by atoms with Crippen LogP contribution in [0.15, 0.2) is 12.1 Å².